The molecular weight excluding hydrogens is 258 g/mol. The number of rotatable bonds is 1. The summed E-state index contributed by atoms with van der Waals surface area (Å²) in [5, 5.41) is 2.86. The van der Waals surface area contributed by atoms with Gasteiger partial charge in [0.2, 0.25) is 5.91 Å². The van der Waals surface area contributed by atoms with Crippen molar-refractivity contribution in [3.8, 4) is 0 Å². The smallest absolute Gasteiger partial charge is 0.220 e. The Balaban J connectivity index is 2.21. The largest absolute Gasteiger partial charge is 0.346 e. The van der Waals surface area contributed by atoms with E-state index in [1.54, 1.807) is 6.20 Å². The van der Waals surface area contributed by atoms with Crippen molar-refractivity contribution < 1.29 is 4.79 Å². The SMILES string of the molecule is NC1CCC(=O)NC1c1ccc(Br)cn1. The van der Waals surface area contributed by atoms with Crippen LogP contribution in [0.5, 0.6) is 0 Å². The second-order valence-corrected chi connectivity index (χ2v) is 4.56. The number of halogens is 1. The maximum atomic E-state index is 11.3. The molecule has 4 nitrogen and oxygen atoms in total. The highest BCUT2D eigenvalue weighted by Crippen LogP contribution is 2.21. The Kier molecular flexibility index (Phi) is 3.02. The van der Waals surface area contributed by atoms with Crippen LogP contribution in [-0.4, -0.2) is 16.9 Å². The van der Waals surface area contributed by atoms with E-state index in [0.717, 1.165) is 10.2 Å². The van der Waals surface area contributed by atoms with Crippen molar-refractivity contribution in [3.63, 3.8) is 0 Å². The summed E-state index contributed by atoms with van der Waals surface area (Å²) >= 11 is 3.32. The van der Waals surface area contributed by atoms with Gasteiger partial charge in [-0.1, -0.05) is 0 Å². The highest BCUT2D eigenvalue weighted by molar-refractivity contribution is 9.10. The predicted octanol–water partition coefficient (Wildman–Crippen LogP) is 1.12. The molecule has 1 aromatic heterocycles. The van der Waals surface area contributed by atoms with E-state index >= 15 is 0 Å². The first-order chi connectivity index (χ1) is 7.16. The molecule has 0 bridgehead atoms. The molecule has 1 saturated heterocycles. The minimum absolute atomic E-state index is 0.0450. The van der Waals surface area contributed by atoms with Crippen LogP contribution in [-0.2, 0) is 4.79 Å². The molecule has 1 aromatic rings. The Morgan fingerprint density at radius 3 is 3.00 bits per heavy atom. The number of carbonyl (C=O) groups is 1. The molecule has 0 aliphatic carbocycles. The normalized spacial score (nSPS) is 26.1. The molecule has 0 saturated carbocycles. The van der Waals surface area contributed by atoms with E-state index < -0.39 is 0 Å². The summed E-state index contributed by atoms with van der Waals surface area (Å²) in [4.78, 5) is 15.5. The van der Waals surface area contributed by atoms with E-state index in [9.17, 15) is 4.79 Å². The van der Waals surface area contributed by atoms with Crippen LogP contribution in [0, 0.1) is 0 Å². The molecule has 1 aliphatic rings. The Morgan fingerprint density at radius 2 is 2.33 bits per heavy atom. The molecule has 0 spiro atoms. The van der Waals surface area contributed by atoms with Crippen molar-refractivity contribution in [1.82, 2.24) is 10.3 Å². The fourth-order valence-electron chi connectivity index (χ4n) is 1.68. The lowest BCUT2D eigenvalue weighted by Crippen LogP contribution is -2.46. The second kappa shape index (κ2) is 4.28. The first-order valence-corrected chi connectivity index (χ1v) is 5.62. The van der Waals surface area contributed by atoms with Crippen LogP contribution >= 0.6 is 15.9 Å². The van der Waals surface area contributed by atoms with Crippen molar-refractivity contribution in [2.45, 2.75) is 24.9 Å². The Labute approximate surface area is 96.4 Å². The number of nitrogens with zero attached hydrogens (tertiary/aromatic N) is 1. The van der Waals surface area contributed by atoms with Gasteiger partial charge in [-0.05, 0) is 34.5 Å². The van der Waals surface area contributed by atoms with E-state index in [1.807, 2.05) is 12.1 Å². The van der Waals surface area contributed by atoms with Crippen molar-refractivity contribution in [2.24, 2.45) is 5.73 Å². The van der Waals surface area contributed by atoms with Crippen LogP contribution in [0.1, 0.15) is 24.6 Å². The number of nitrogens with one attached hydrogen (secondary N) is 1. The molecule has 2 unspecified atom stereocenters. The Morgan fingerprint density at radius 1 is 1.53 bits per heavy atom. The zero-order chi connectivity index (χ0) is 10.8. The maximum absolute atomic E-state index is 11.3. The number of nitrogens with two attached hydrogens (primary N) is 1. The van der Waals surface area contributed by atoms with E-state index in [4.69, 9.17) is 5.73 Å². The molecule has 0 aromatic carbocycles. The standard InChI is InChI=1S/C10H12BrN3O/c11-6-1-3-8(13-5-6)10-7(12)2-4-9(15)14-10/h1,3,5,7,10H,2,4,12H2,(H,14,15). The van der Waals surface area contributed by atoms with E-state index in [-0.39, 0.29) is 18.0 Å². The van der Waals surface area contributed by atoms with Gasteiger partial charge in [-0.15, -0.1) is 0 Å². The molecule has 2 atom stereocenters. The van der Waals surface area contributed by atoms with Crippen LogP contribution in [0.4, 0.5) is 0 Å². The molecule has 1 amide bonds. The zero-order valence-electron chi connectivity index (χ0n) is 8.11. The summed E-state index contributed by atoms with van der Waals surface area (Å²) in [5.74, 6) is 0.0476. The van der Waals surface area contributed by atoms with Crippen LogP contribution < -0.4 is 11.1 Å². The molecule has 5 heteroatoms. The van der Waals surface area contributed by atoms with Gasteiger partial charge in [0.15, 0.2) is 0 Å². The fourth-order valence-corrected chi connectivity index (χ4v) is 1.92. The third-order valence-electron chi connectivity index (χ3n) is 2.52. The average molecular weight is 270 g/mol. The van der Waals surface area contributed by atoms with Gasteiger partial charge in [-0.3, -0.25) is 9.78 Å². The summed E-state index contributed by atoms with van der Waals surface area (Å²) in [5.41, 5.74) is 6.76. The van der Waals surface area contributed by atoms with Crippen LogP contribution in [0.15, 0.2) is 22.8 Å². The van der Waals surface area contributed by atoms with Crippen molar-refractivity contribution in [2.75, 3.05) is 0 Å². The Hall–Kier alpha value is -0.940. The molecule has 2 heterocycles. The summed E-state index contributed by atoms with van der Waals surface area (Å²) in [6.45, 7) is 0. The van der Waals surface area contributed by atoms with Gasteiger partial charge in [-0.2, -0.15) is 0 Å². The molecular formula is C10H12BrN3O. The number of amides is 1. The number of carbonyl (C=O) groups excluding carboxylic acids is 1. The summed E-state index contributed by atoms with van der Waals surface area (Å²) < 4.78 is 0.918. The number of hydrogen-bond acceptors (Lipinski definition) is 3. The molecule has 3 N–H and O–H groups in total. The second-order valence-electron chi connectivity index (χ2n) is 3.65. The summed E-state index contributed by atoms with van der Waals surface area (Å²) in [6.07, 6.45) is 2.94. The average Bonchev–Trinajstić information content (AvgIpc) is 2.23. The fraction of sp³-hybridized carbons (Fsp3) is 0.400. The van der Waals surface area contributed by atoms with Gasteiger partial charge in [-0.25, -0.2) is 0 Å². The number of piperidine rings is 1. The van der Waals surface area contributed by atoms with Crippen molar-refractivity contribution >= 4 is 21.8 Å². The minimum atomic E-state index is -0.153. The first-order valence-electron chi connectivity index (χ1n) is 4.83. The van der Waals surface area contributed by atoms with Crippen LogP contribution in [0.2, 0.25) is 0 Å². The third kappa shape index (κ3) is 2.35. The lowest BCUT2D eigenvalue weighted by atomic mass is 9.96. The van der Waals surface area contributed by atoms with E-state index in [0.29, 0.717) is 12.8 Å². The lowest BCUT2D eigenvalue weighted by Gasteiger charge is -2.28. The van der Waals surface area contributed by atoms with Crippen molar-refractivity contribution in [3.05, 3.63) is 28.5 Å². The van der Waals surface area contributed by atoms with Gasteiger partial charge >= 0.3 is 0 Å². The molecule has 15 heavy (non-hydrogen) atoms. The molecule has 1 aliphatic heterocycles. The molecule has 0 radical (unpaired) electrons. The highest BCUT2D eigenvalue weighted by Gasteiger charge is 2.27. The highest BCUT2D eigenvalue weighted by atomic mass is 79.9. The number of aromatic nitrogens is 1. The predicted molar refractivity (Wildman–Crippen MR) is 60.0 cm³/mol. The minimum Gasteiger partial charge on any atom is -0.346 e. The quantitative estimate of drug-likeness (QED) is 0.803. The van der Waals surface area contributed by atoms with Gasteiger partial charge in [0.1, 0.15) is 0 Å². The first kappa shape index (κ1) is 10.6. The van der Waals surface area contributed by atoms with Gasteiger partial charge < -0.3 is 11.1 Å². The Bertz CT molecular complexity index is 365. The molecule has 80 valence electrons. The van der Waals surface area contributed by atoms with Gasteiger partial charge in [0.25, 0.3) is 0 Å². The summed E-state index contributed by atoms with van der Waals surface area (Å²) in [6, 6.07) is 3.58. The van der Waals surface area contributed by atoms with Crippen LogP contribution in [0.25, 0.3) is 0 Å². The lowest BCUT2D eigenvalue weighted by molar-refractivity contribution is -0.123. The van der Waals surface area contributed by atoms with Crippen LogP contribution in [0.3, 0.4) is 0 Å². The molecule has 2 rings (SSSR count). The van der Waals surface area contributed by atoms with E-state index in [2.05, 4.69) is 26.2 Å². The monoisotopic (exact) mass is 269 g/mol. The topological polar surface area (TPSA) is 68.0 Å². The zero-order valence-corrected chi connectivity index (χ0v) is 9.70. The number of pyridine rings is 1. The van der Waals surface area contributed by atoms with Gasteiger partial charge in [0, 0.05) is 23.1 Å². The van der Waals surface area contributed by atoms with Crippen molar-refractivity contribution in [1.29, 1.82) is 0 Å². The van der Waals surface area contributed by atoms with E-state index in [1.165, 1.54) is 0 Å². The summed E-state index contributed by atoms with van der Waals surface area (Å²) in [7, 11) is 0. The number of hydrogen-bond donors (Lipinski definition) is 2. The van der Waals surface area contributed by atoms with Gasteiger partial charge in [0.05, 0.1) is 11.7 Å². The third-order valence-corrected chi connectivity index (χ3v) is 2.99. The molecule has 1 fully saturated rings. The maximum Gasteiger partial charge on any atom is 0.220 e.